The van der Waals surface area contributed by atoms with Gasteiger partial charge in [-0.05, 0) is 52.3 Å². The third-order valence-corrected chi connectivity index (χ3v) is 5.33. The Morgan fingerprint density at radius 2 is 1.70 bits per heavy atom. The summed E-state index contributed by atoms with van der Waals surface area (Å²) in [6.07, 6.45) is -0.689. The van der Waals surface area contributed by atoms with Crippen LogP contribution in [0.25, 0.3) is 11.3 Å². The van der Waals surface area contributed by atoms with Gasteiger partial charge in [-0.2, -0.15) is 0 Å². The van der Waals surface area contributed by atoms with Crippen molar-refractivity contribution in [3.63, 3.8) is 0 Å². The van der Waals surface area contributed by atoms with Gasteiger partial charge in [0.1, 0.15) is 5.82 Å². The molecule has 30 heavy (non-hydrogen) atoms. The number of carbonyl (C=O) groups excluding carboxylic acids is 1. The highest BCUT2D eigenvalue weighted by Crippen LogP contribution is 2.61. The Bertz CT molecular complexity index is 1070. The van der Waals surface area contributed by atoms with Crippen molar-refractivity contribution in [1.29, 1.82) is 0 Å². The highest BCUT2D eigenvalue weighted by atomic mass is 35.5. The molecule has 0 radical (unpaired) electrons. The number of benzene rings is 2. The van der Waals surface area contributed by atoms with E-state index in [-0.39, 0.29) is 11.5 Å². The Kier molecular flexibility index (Phi) is 4.89. The minimum absolute atomic E-state index is 0.0109. The van der Waals surface area contributed by atoms with E-state index in [1.807, 2.05) is 0 Å². The van der Waals surface area contributed by atoms with Gasteiger partial charge in [-0.25, -0.2) is 27.0 Å². The highest BCUT2D eigenvalue weighted by Gasteiger charge is 2.69. The lowest BCUT2D eigenvalue weighted by Gasteiger charge is -2.45. The molecule has 0 bridgehead atoms. The fourth-order valence-corrected chi connectivity index (χ4v) is 3.39. The lowest BCUT2D eigenvalue weighted by molar-refractivity contribution is -0.182. The Morgan fingerprint density at radius 3 is 2.30 bits per heavy atom. The second kappa shape index (κ2) is 7.28. The molecule has 6 nitrogen and oxygen atoms in total. The summed E-state index contributed by atoms with van der Waals surface area (Å²) in [5.74, 6) is -5.15. The van der Waals surface area contributed by atoms with Crippen LogP contribution in [0.2, 0.25) is 0 Å². The van der Waals surface area contributed by atoms with Gasteiger partial charge in [0.25, 0.3) is 11.1 Å². The molecule has 2 atom stereocenters. The molecule has 1 aliphatic carbocycles. The van der Waals surface area contributed by atoms with Crippen molar-refractivity contribution in [2.45, 2.75) is 23.4 Å². The summed E-state index contributed by atoms with van der Waals surface area (Å²) in [4.78, 5) is 12.2. The molecule has 156 valence electrons. The highest BCUT2D eigenvalue weighted by molar-refractivity contribution is 6.25. The van der Waals surface area contributed by atoms with Gasteiger partial charge in [0.2, 0.25) is 5.82 Å². The van der Waals surface area contributed by atoms with Gasteiger partial charge in [-0.3, -0.25) is 5.32 Å². The van der Waals surface area contributed by atoms with Crippen molar-refractivity contribution < 1.29 is 27.0 Å². The van der Waals surface area contributed by atoms with Crippen LogP contribution >= 0.6 is 11.6 Å². The maximum atomic E-state index is 13.9. The SMILES string of the molecule is O=C(Nc1ccc(C2CC(F)(F)C2(F)Cl)cc1)Nc1nonc1-c1ccc(F)cc1. The number of halogens is 5. The van der Waals surface area contributed by atoms with Gasteiger partial charge in [0.05, 0.1) is 0 Å². The topological polar surface area (TPSA) is 80.0 Å². The average molecular weight is 441 g/mol. The number of hydrogen-bond acceptors (Lipinski definition) is 4. The van der Waals surface area contributed by atoms with Crippen LogP contribution in [-0.2, 0) is 0 Å². The average Bonchev–Trinajstić information content (AvgIpc) is 3.15. The molecular weight excluding hydrogens is 428 g/mol. The van der Waals surface area contributed by atoms with Crippen LogP contribution < -0.4 is 10.6 Å². The van der Waals surface area contributed by atoms with E-state index in [0.29, 0.717) is 16.8 Å². The van der Waals surface area contributed by atoms with E-state index < -0.39 is 35.2 Å². The van der Waals surface area contributed by atoms with Crippen LogP contribution in [0.15, 0.2) is 53.2 Å². The molecule has 1 heterocycles. The molecule has 1 fully saturated rings. The number of alkyl halides is 4. The second-order valence-corrected chi connectivity index (χ2v) is 7.30. The van der Waals surface area contributed by atoms with Crippen molar-refractivity contribution in [2.75, 3.05) is 10.6 Å². The van der Waals surface area contributed by atoms with Gasteiger partial charge in [0, 0.05) is 23.6 Å². The molecule has 1 saturated carbocycles. The normalized spacial score (nSPS) is 22.2. The van der Waals surface area contributed by atoms with Gasteiger partial charge >= 0.3 is 6.03 Å². The van der Waals surface area contributed by atoms with Crippen molar-refractivity contribution in [3.05, 3.63) is 59.9 Å². The summed E-state index contributed by atoms with van der Waals surface area (Å²) in [5.41, 5.74) is 1.29. The van der Waals surface area contributed by atoms with Crippen LogP contribution in [0.5, 0.6) is 0 Å². The fourth-order valence-electron chi connectivity index (χ4n) is 3.11. The number of nitrogens with zero attached hydrogens (tertiary/aromatic N) is 2. The first-order valence-electron chi connectivity index (χ1n) is 8.69. The molecular formula is C19H13ClF4N4O2. The Morgan fingerprint density at radius 1 is 1.03 bits per heavy atom. The third-order valence-electron chi connectivity index (χ3n) is 4.79. The third kappa shape index (κ3) is 3.58. The van der Waals surface area contributed by atoms with Gasteiger partial charge in [-0.15, -0.1) is 0 Å². The summed E-state index contributed by atoms with van der Waals surface area (Å²) in [5, 5.41) is 9.12. The first kappa shape index (κ1) is 20.1. The molecule has 2 unspecified atom stereocenters. The fraction of sp³-hybridized carbons (Fsp3) is 0.211. The lowest BCUT2D eigenvalue weighted by atomic mass is 9.74. The first-order valence-corrected chi connectivity index (χ1v) is 9.07. The van der Waals surface area contributed by atoms with Gasteiger partial charge in [0.15, 0.2) is 5.69 Å². The maximum Gasteiger partial charge on any atom is 0.325 e. The summed E-state index contributed by atoms with van der Waals surface area (Å²) in [6.45, 7) is 0. The minimum atomic E-state index is -3.58. The van der Waals surface area contributed by atoms with Crippen LogP contribution in [0, 0.1) is 5.82 Å². The summed E-state index contributed by atoms with van der Waals surface area (Å²) in [7, 11) is 0. The van der Waals surface area contributed by atoms with Gasteiger partial charge in [-0.1, -0.05) is 23.7 Å². The molecule has 0 aliphatic heterocycles. The number of urea groups is 1. The number of anilines is 2. The second-order valence-electron chi connectivity index (χ2n) is 6.75. The summed E-state index contributed by atoms with van der Waals surface area (Å²) >= 11 is 5.34. The molecule has 0 saturated heterocycles. The molecule has 1 aliphatic rings. The maximum absolute atomic E-state index is 13.9. The Labute approximate surface area is 172 Å². The standard InChI is InChI=1S/C19H13ClF4N4O2/c20-19(24)14(9-18(19,22)23)10-3-7-13(8-4-10)25-17(29)26-16-15(27-30-28-16)11-1-5-12(21)6-2-11/h1-8,14H,9H2,(H2,25,26,28,29). The number of aromatic nitrogens is 2. The van der Waals surface area contributed by atoms with Crippen molar-refractivity contribution >= 4 is 29.1 Å². The van der Waals surface area contributed by atoms with Crippen molar-refractivity contribution in [3.8, 4) is 11.3 Å². The zero-order valence-electron chi connectivity index (χ0n) is 15.0. The Hall–Kier alpha value is -3.14. The molecule has 3 aromatic rings. The number of rotatable bonds is 4. The van der Waals surface area contributed by atoms with Crippen molar-refractivity contribution in [2.24, 2.45) is 0 Å². The molecule has 1 aromatic heterocycles. The predicted molar refractivity (Wildman–Crippen MR) is 101 cm³/mol. The van der Waals surface area contributed by atoms with Crippen LogP contribution in [0.4, 0.5) is 33.9 Å². The predicted octanol–water partition coefficient (Wildman–Crippen LogP) is 5.55. The van der Waals surface area contributed by atoms with E-state index in [4.69, 9.17) is 11.6 Å². The zero-order valence-corrected chi connectivity index (χ0v) is 15.8. The molecule has 11 heteroatoms. The first-order chi connectivity index (χ1) is 14.2. The van der Waals surface area contributed by atoms with E-state index in [2.05, 4.69) is 25.6 Å². The monoisotopic (exact) mass is 440 g/mol. The van der Waals surface area contributed by atoms with Crippen molar-refractivity contribution in [1.82, 2.24) is 10.3 Å². The molecule has 0 spiro atoms. The number of hydrogen-bond donors (Lipinski definition) is 2. The largest absolute Gasteiger partial charge is 0.325 e. The van der Waals surface area contributed by atoms with Crippen LogP contribution in [0.3, 0.4) is 0 Å². The van der Waals surface area contributed by atoms with E-state index in [1.165, 1.54) is 48.5 Å². The smallest absolute Gasteiger partial charge is 0.308 e. The number of nitrogens with one attached hydrogen (secondary N) is 2. The van der Waals surface area contributed by atoms with E-state index in [1.54, 1.807) is 0 Å². The quantitative estimate of drug-likeness (QED) is 0.412. The zero-order chi connectivity index (χ0) is 21.5. The molecule has 2 amide bonds. The minimum Gasteiger partial charge on any atom is -0.308 e. The van der Waals surface area contributed by atoms with E-state index >= 15 is 0 Å². The van der Waals surface area contributed by atoms with E-state index in [9.17, 15) is 22.4 Å². The van der Waals surface area contributed by atoms with Crippen LogP contribution in [-0.4, -0.2) is 27.4 Å². The van der Waals surface area contributed by atoms with Crippen LogP contribution in [0.1, 0.15) is 17.9 Å². The summed E-state index contributed by atoms with van der Waals surface area (Å²) in [6, 6.07) is 10.3. The molecule has 4 rings (SSSR count). The molecule has 2 N–H and O–H groups in total. The number of carbonyl (C=O) groups is 1. The molecule has 2 aromatic carbocycles. The van der Waals surface area contributed by atoms with Gasteiger partial charge < -0.3 is 5.32 Å². The van der Waals surface area contributed by atoms with E-state index in [0.717, 1.165) is 0 Å². The summed E-state index contributed by atoms with van der Waals surface area (Å²) < 4.78 is 58.1. The Balaban J connectivity index is 1.41. The lowest BCUT2D eigenvalue weighted by Crippen LogP contribution is -2.56. The number of amides is 2.